The van der Waals surface area contributed by atoms with Crippen LogP contribution < -0.4 is 0 Å². The number of fused-ring (bicyclic) bond motifs is 2. The third-order valence-electron chi connectivity index (χ3n) is 6.13. The van der Waals surface area contributed by atoms with Crippen molar-refractivity contribution in [1.82, 2.24) is 0 Å². The van der Waals surface area contributed by atoms with Crippen LogP contribution in [0, 0.1) is 16.7 Å². The maximum absolute atomic E-state index is 11.3. The summed E-state index contributed by atoms with van der Waals surface area (Å²) in [6, 6.07) is 10.4. The van der Waals surface area contributed by atoms with Crippen LogP contribution in [0.15, 0.2) is 58.9 Å². The lowest BCUT2D eigenvalue weighted by atomic mass is 9.63. The summed E-state index contributed by atoms with van der Waals surface area (Å²) in [6.45, 7) is 6.68. The molecule has 3 atom stereocenters. The Bertz CT molecular complexity index is 589. The summed E-state index contributed by atoms with van der Waals surface area (Å²) in [5.74, 6) is 0.611. The van der Waals surface area contributed by atoms with E-state index in [4.69, 9.17) is 0 Å². The topological polar surface area (TPSA) is 20.2 Å². The third kappa shape index (κ3) is 2.19. The van der Waals surface area contributed by atoms with Gasteiger partial charge in [-0.3, -0.25) is 0 Å². The van der Waals surface area contributed by atoms with Gasteiger partial charge in [-0.25, -0.2) is 0 Å². The highest BCUT2D eigenvalue weighted by atomic mass is 32.2. The molecule has 0 heterocycles. The van der Waals surface area contributed by atoms with Gasteiger partial charge in [-0.1, -0.05) is 62.0 Å². The van der Waals surface area contributed by atoms with Crippen LogP contribution >= 0.6 is 11.8 Å². The van der Waals surface area contributed by atoms with Crippen molar-refractivity contribution in [1.29, 1.82) is 0 Å². The molecule has 0 spiro atoms. The van der Waals surface area contributed by atoms with E-state index in [1.807, 2.05) is 25.1 Å². The minimum atomic E-state index is -0.693. The van der Waals surface area contributed by atoms with Gasteiger partial charge < -0.3 is 5.11 Å². The fourth-order valence-corrected chi connectivity index (χ4v) is 5.57. The molecule has 1 nitrogen and oxygen atoms in total. The van der Waals surface area contributed by atoms with Gasteiger partial charge in [-0.15, -0.1) is 0 Å². The molecule has 118 valence electrons. The number of rotatable bonds is 4. The molecule has 0 aromatic heterocycles. The zero-order chi connectivity index (χ0) is 15.8. The Morgan fingerprint density at radius 3 is 2.55 bits per heavy atom. The highest BCUT2D eigenvalue weighted by Crippen LogP contribution is 2.71. The number of benzene rings is 1. The SMILES string of the molecule is C/C=C\[C@@]1(O)C[C@H]2CC[C@]1(/C=C\Sc1ccccc1)C2(C)C. The van der Waals surface area contributed by atoms with E-state index in [9.17, 15) is 5.11 Å². The van der Waals surface area contributed by atoms with Crippen LogP contribution in [0.4, 0.5) is 0 Å². The van der Waals surface area contributed by atoms with E-state index < -0.39 is 5.60 Å². The molecule has 0 aliphatic heterocycles. The second-order valence-corrected chi connectivity index (χ2v) is 8.27. The van der Waals surface area contributed by atoms with E-state index >= 15 is 0 Å². The number of thioether (sulfide) groups is 1. The summed E-state index contributed by atoms with van der Waals surface area (Å²) in [5.41, 5.74) is -0.685. The number of hydrogen-bond donors (Lipinski definition) is 1. The summed E-state index contributed by atoms with van der Waals surface area (Å²) < 4.78 is 0. The van der Waals surface area contributed by atoms with Crippen LogP contribution in [0.25, 0.3) is 0 Å². The van der Waals surface area contributed by atoms with Crippen molar-refractivity contribution in [2.24, 2.45) is 16.7 Å². The molecule has 1 aromatic carbocycles. The average molecular weight is 314 g/mol. The minimum Gasteiger partial charge on any atom is -0.385 e. The lowest BCUT2D eigenvalue weighted by Crippen LogP contribution is -2.46. The Morgan fingerprint density at radius 1 is 1.18 bits per heavy atom. The summed E-state index contributed by atoms with van der Waals surface area (Å²) in [6.07, 6.45) is 9.55. The van der Waals surface area contributed by atoms with E-state index in [-0.39, 0.29) is 10.8 Å². The number of allylic oxidation sites excluding steroid dienone is 1. The van der Waals surface area contributed by atoms with Crippen molar-refractivity contribution < 1.29 is 5.11 Å². The van der Waals surface area contributed by atoms with Gasteiger partial charge in [0.15, 0.2) is 0 Å². The molecule has 2 bridgehead atoms. The largest absolute Gasteiger partial charge is 0.385 e. The molecule has 1 N–H and O–H groups in total. The highest BCUT2D eigenvalue weighted by Gasteiger charge is 2.68. The summed E-state index contributed by atoms with van der Waals surface area (Å²) in [4.78, 5) is 1.25. The van der Waals surface area contributed by atoms with E-state index in [1.165, 1.54) is 11.3 Å². The number of hydrogen-bond acceptors (Lipinski definition) is 2. The molecule has 2 aliphatic rings. The zero-order valence-electron chi connectivity index (χ0n) is 13.8. The first-order valence-electron chi connectivity index (χ1n) is 8.21. The van der Waals surface area contributed by atoms with Crippen molar-refractivity contribution in [3.8, 4) is 0 Å². The molecule has 3 rings (SSSR count). The Kier molecular flexibility index (Phi) is 4.03. The van der Waals surface area contributed by atoms with Crippen LogP contribution in [0.1, 0.15) is 40.0 Å². The Labute approximate surface area is 138 Å². The summed E-state index contributed by atoms with van der Waals surface area (Å²) >= 11 is 1.74. The molecule has 2 saturated carbocycles. The molecular weight excluding hydrogens is 288 g/mol. The standard InChI is InChI=1S/C20H26OS/c1-4-11-20(21)15-16-10-12-19(20,18(16,2)3)13-14-22-17-8-6-5-7-9-17/h4-9,11,13-14,16,21H,10,12,15H2,1-3H3/b11-4-,14-13-/t16-,19+,20-/m1/s1. The molecule has 0 unspecified atom stereocenters. The lowest BCUT2D eigenvalue weighted by Gasteiger charge is -2.44. The van der Waals surface area contributed by atoms with E-state index in [0.717, 1.165) is 12.8 Å². The van der Waals surface area contributed by atoms with Gasteiger partial charge in [0.2, 0.25) is 0 Å². The van der Waals surface area contributed by atoms with Crippen molar-refractivity contribution in [2.75, 3.05) is 0 Å². The zero-order valence-corrected chi connectivity index (χ0v) is 14.6. The molecule has 2 heteroatoms. The van der Waals surface area contributed by atoms with Crippen molar-refractivity contribution in [3.05, 3.63) is 54.0 Å². The van der Waals surface area contributed by atoms with Crippen LogP contribution in [-0.2, 0) is 0 Å². The smallest absolute Gasteiger partial charge is 0.0926 e. The lowest BCUT2D eigenvalue weighted by molar-refractivity contribution is -0.0305. The molecule has 22 heavy (non-hydrogen) atoms. The van der Waals surface area contributed by atoms with Crippen molar-refractivity contribution in [2.45, 2.75) is 50.5 Å². The summed E-state index contributed by atoms with van der Waals surface area (Å²) in [5, 5.41) is 13.5. The maximum Gasteiger partial charge on any atom is 0.0926 e. The van der Waals surface area contributed by atoms with Gasteiger partial charge in [0.05, 0.1) is 5.60 Å². The Hall–Kier alpha value is -0.990. The molecule has 0 amide bonds. The highest BCUT2D eigenvalue weighted by molar-refractivity contribution is 8.02. The maximum atomic E-state index is 11.3. The van der Waals surface area contributed by atoms with E-state index in [1.54, 1.807) is 11.8 Å². The van der Waals surface area contributed by atoms with Crippen molar-refractivity contribution in [3.63, 3.8) is 0 Å². The first-order chi connectivity index (χ1) is 10.5. The fourth-order valence-electron chi connectivity index (χ4n) is 4.80. The molecule has 0 radical (unpaired) electrons. The second kappa shape index (κ2) is 5.58. The van der Waals surface area contributed by atoms with Crippen molar-refractivity contribution >= 4 is 11.8 Å². The van der Waals surface area contributed by atoms with Gasteiger partial charge in [-0.05, 0) is 55.1 Å². The average Bonchev–Trinajstić information content (AvgIpc) is 2.82. The van der Waals surface area contributed by atoms with Gasteiger partial charge in [0.1, 0.15) is 0 Å². The Balaban J connectivity index is 1.90. The van der Waals surface area contributed by atoms with Crippen LogP contribution in [0.5, 0.6) is 0 Å². The molecule has 2 aliphatic carbocycles. The van der Waals surface area contributed by atoms with Gasteiger partial charge in [-0.2, -0.15) is 0 Å². The number of aliphatic hydroxyl groups is 1. The van der Waals surface area contributed by atoms with Gasteiger partial charge in [0, 0.05) is 10.3 Å². The minimum absolute atomic E-state index is 0.140. The molecular formula is C20H26OS. The van der Waals surface area contributed by atoms with Crippen LogP contribution in [0.3, 0.4) is 0 Å². The third-order valence-corrected chi connectivity index (χ3v) is 6.95. The predicted molar refractivity (Wildman–Crippen MR) is 94.8 cm³/mol. The van der Waals surface area contributed by atoms with E-state index in [2.05, 4.69) is 49.6 Å². The fraction of sp³-hybridized carbons (Fsp3) is 0.500. The summed E-state index contributed by atoms with van der Waals surface area (Å²) in [7, 11) is 0. The quantitative estimate of drug-likeness (QED) is 0.591. The molecule has 0 saturated heterocycles. The first kappa shape index (κ1) is 15.9. The Morgan fingerprint density at radius 2 is 1.91 bits per heavy atom. The van der Waals surface area contributed by atoms with Gasteiger partial charge >= 0.3 is 0 Å². The van der Waals surface area contributed by atoms with Crippen LogP contribution in [-0.4, -0.2) is 10.7 Å². The molecule has 1 aromatic rings. The molecule has 2 fully saturated rings. The van der Waals surface area contributed by atoms with E-state index in [0.29, 0.717) is 5.92 Å². The first-order valence-corrected chi connectivity index (χ1v) is 9.09. The monoisotopic (exact) mass is 314 g/mol. The second-order valence-electron chi connectivity index (χ2n) is 7.29. The van der Waals surface area contributed by atoms with Crippen LogP contribution in [0.2, 0.25) is 0 Å². The van der Waals surface area contributed by atoms with Gasteiger partial charge in [0.25, 0.3) is 0 Å². The predicted octanol–water partition coefficient (Wildman–Crippen LogP) is 5.43. The normalized spacial score (nSPS) is 36.6.